The molecule has 14 heavy (non-hydrogen) atoms. The van der Waals surface area contributed by atoms with Crippen LogP contribution in [0.3, 0.4) is 0 Å². The van der Waals surface area contributed by atoms with Crippen LogP contribution >= 0.6 is 0 Å². The van der Waals surface area contributed by atoms with Gasteiger partial charge in [-0.25, -0.2) is 4.98 Å². The van der Waals surface area contributed by atoms with Gasteiger partial charge in [-0.15, -0.1) is 0 Å². The molecule has 0 aliphatic rings. The lowest BCUT2D eigenvalue weighted by Gasteiger charge is -2.17. The van der Waals surface area contributed by atoms with Gasteiger partial charge < -0.3 is 10.6 Å². The normalized spacial score (nSPS) is 9.93. The monoisotopic (exact) mass is 192 g/mol. The molecule has 0 fully saturated rings. The Kier molecular flexibility index (Phi) is 3.59. The molecule has 0 saturated heterocycles. The molecule has 0 unspecified atom stereocenters. The van der Waals surface area contributed by atoms with Gasteiger partial charge in [0, 0.05) is 20.1 Å². The number of likely N-dealkylation sites (N-methyl/N-ethyl adjacent to an activating group) is 1. The minimum Gasteiger partial charge on any atom is -0.354 e. The maximum Gasteiger partial charge on any atom is 0.147 e. The highest BCUT2D eigenvalue weighted by molar-refractivity contribution is 5.36. The van der Waals surface area contributed by atoms with Crippen molar-refractivity contribution in [2.75, 3.05) is 18.5 Å². The van der Waals surface area contributed by atoms with Crippen molar-refractivity contribution in [3.8, 4) is 0 Å². The summed E-state index contributed by atoms with van der Waals surface area (Å²) in [6.07, 6.45) is 3.43. The standard InChI is InChI=1S/C10H16N4/c1-8(2)7-14(3)10-6-12-9(4-11)5-13-10/h5-6H,1,4,7,11H2,2-3H3. The first kappa shape index (κ1) is 10.7. The molecule has 0 atom stereocenters. The SMILES string of the molecule is C=C(C)CN(C)c1cnc(CN)cn1. The second kappa shape index (κ2) is 4.72. The van der Waals surface area contributed by atoms with Crippen LogP contribution < -0.4 is 10.6 Å². The van der Waals surface area contributed by atoms with Crippen molar-refractivity contribution in [2.45, 2.75) is 13.5 Å². The molecule has 0 radical (unpaired) electrons. The molecule has 1 aromatic rings. The molecular formula is C10H16N4. The average Bonchev–Trinajstić information content (AvgIpc) is 2.17. The van der Waals surface area contributed by atoms with Crippen molar-refractivity contribution < 1.29 is 0 Å². The molecule has 4 heteroatoms. The molecular weight excluding hydrogens is 176 g/mol. The molecule has 1 rings (SSSR count). The zero-order chi connectivity index (χ0) is 10.6. The third-order valence-corrected chi connectivity index (χ3v) is 1.80. The average molecular weight is 192 g/mol. The Bertz CT molecular complexity index is 304. The number of hydrogen-bond acceptors (Lipinski definition) is 4. The van der Waals surface area contributed by atoms with Crippen LogP contribution in [0.25, 0.3) is 0 Å². The minimum atomic E-state index is 0.428. The van der Waals surface area contributed by atoms with Crippen LogP contribution in [-0.2, 0) is 6.54 Å². The summed E-state index contributed by atoms with van der Waals surface area (Å²) in [6, 6.07) is 0. The molecule has 0 aliphatic heterocycles. The third-order valence-electron chi connectivity index (χ3n) is 1.80. The Morgan fingerprint density at radius 1 is 1.50 bits per heavy atom. The molecule has 1 heterocycles. The molecule has 4 nitrogen and oxygen atoms in total. The number of rotatable bonds is 4. The smallest absolute Gasteiger partial charge is 0.147 e. The largest absolute Gasteiger partial charge is 0.354 e. The summed E-state index contributed by atoms with van der Waals surface area (Å²) in [5.74, 6) is 0.838. The molecule has 1 aromatic heterocycles. The number of hydrogen-bond donors (Lipinski definition) is 1. The van der Waals surface area contributed by atoms with Crippen molar-refractivity contribution >= 4 is 5.82 Å². The Hall–Kier alpha value is -1.42. The van der Waals surface area contributed by atoms with E-state index in [0.717, 1.165) is 23.6 Å². The lowest BCUT2D eigenvalue weighted by molar-refractivity contribution is 0.910. The molecule has 0 spiro atoms. The van der Waals surface area contributed by atoms with Crippen LogP contribution in [0, 0.1) is 0 Å². The second-order valence-corrected chi connectivity index (χ2v) is 3.38. The van der Waals surface area contributed by atoms with E-state index in [1.54, 1.807) is 12.4 Å². The number of nitrogens with zero attached hydrogens (tertiary/aromatic N) is 3. The zero-order valence-corrected chi connectivity index (χ0v) is 8.70. The molecule has 0 bridgehead atoms. The predicted molar refractivity (Wildman–Crippen MR) is 58.0 cm³/mol. The van der Waals surface area contributed by atoms with Crippen LogP contribution in [0.2, 0.25) is 0 Å². The first-order valence-electron chi connectivity index (χ1n) is 4.50. The van der Waals surface area contributed by atoms with Crippen LogP contribution in [0.4, 0.5) is 5.82 Å². The third kappa shape index (κ3) is 2.81. The van der Waals surface area contributed by atoms with Crippen molar-refractivity contribution in [1.82, 2.24) is 9.97 Å². The van der Waals surface area contributed by atoms with Crippen LogP contribution in [0.15, 0.2) is 24.5 Å². The highest BCUT2D eigenvalue weighted by atomic mass is 15.2. The first-order valence-corrected chi connectivity index (χ1v) is 4.50. The van der Waals surface area contributed by atoms with Gasteiger partial charge >= 0.3 is 0 Å². The van der Waals surface area contributed by atoms with E-state index in [1.165, 1.54) is 0 Å². The van der Waals surface area contributed by atoms with E-state index in [0.29, 0.717) is 6.54 Å². The fourth-order valence-electron chi connectivity index (χ4n) is 1.14. The Labute approximate surface area is 84.5 Å². The van der Waals surface area contributed by atoms with Gasteiger partial charge in [-0.1, -0.05) is 12.2 Å². The minimum absolute atomic E-state index is 0.428. The molecule has 0 aliphatic carbocycles. The van der Waals surface area contributed by atoms with Gasteiger partial charge in [0.2, 0.25) is 0 Å². The maximum atomic E-state index is 5.43. The second-order valence-electron chi connectivity index (χ2n) is 3.38. The summed E-state index contributed by atoms with van der Waals surface area (Å²) in [7, 11) is 1.96. The molecule has 0 amide bonds. The summed E-state index contributed by atoms with van der Waals surface area (Å²) in [6.45, 7) is 7.05. The van der Waals surface area contributed by atoms with Crippen molar-refractivity contribution in [2.24, 2.45) is 5.73 Å². The van der Waals surface area contributed by atoms with Gasteiger partial charge in [0.05, 0.1) is 18.1 Å². The van der Waals surface area contributed by atoms with Gasteiger partial charge in [0.25, 0.3) is 0 Å². The highest BCUT2D eigenvalue weighted by Gasteiger charge is 2.02. The summed E-state index contributed by atoms with van der Waals surface area (Å²) >= 11 is 0. The van der Waals surface area contributed by atoms with Crippen molar-refractivity contribution in [3.05, 3.63) is 30.2 Å². The Balaban J connectivity index is 2.71. The van der Waals surface area contributed by atoms with E-state index >= 15 is 0 Å². The fourth-order valence-corrected chi connectivity index (χ4v) is 1.14. The molecule has 0 saturated carbocycles. The lowest BCUT2D eigenvalue weighted by Crippen LogP contribution is -2.20. The summed E-state index contributed by atoms with van der Waals surface area (Å²) in [4.78, 5) is 10.4. The van der Waals surface area contributed by atoms with Gasteiger partial charge in [0.15, 0.2) is 0 Å². The quantitative estimate of drug-likeness (QED) is 0.721. The Morgan fingerprint density at radius 2 is 2.21 bits per heavy atom. The van der Waals surface area contributed by atoms with Gasteiger partial charge in [-0.05, 0) is 6.92 Å². The summed E-state index contributed by atoms with van der Waals surface area (Å²) in [5.41, 5.74) is 7.32. The lowest BCUT2D eigenvalue weighted by atomic mass is 10.3. The maximum absolute atomic E-state index is 5.43. The fraction of sp³-hybridized carbons (Fsp3) is 0.400. The molecule has 76 valence electrons. The Morgan fingerprint density at radius 3 is 2.64 bits per heavy atom. The summed E-state index contributed by atoms with van der Waals surface area (Å²) < 4.78 is 0. The van der Waals surface area contributed by atoms with Gasteiger partial charge in [-0.3, -0.25) is 4.98 Å². The van der Waals surface area contributed by atoms with Crippen LogP contribution in [-0.4, -0.2) is 23.6 Å². The molecule has 0 aromatic carbocycles. The topological polar surface area (TPSA) is 55.0 Å². The van der Waals surface area contributed by atoms with E-state index in [9.17, 15) is 0 Å². The molecule has 2 N–H and O–H groups in total. The van der Waals surface area contributed by atoms with E-state index < -0.39 is 0 Å². The van der Waals surface area contributed by atoms with Gasteiger partial charge in [0.1, 0.15) is 5.82 Å². The zero-order valence-electron chi connectivity index (χ0n) is 8.70. The van der Waals surface area contributed by atoms with Crippen molar-refractivity contribution in [3.63, 3.8) is 0 Å². The predicted octanol–water partition coefficient (Wildman–Crippen LogP) is 0.948. The van der Waals surface area contributed by atoms with E-state index in [4.69, 9.17) is 5.73 Å². The number of anilines is 1. The number of nitrogens with two attached hydrogens (primary N) is 1. The van der Waals surface area contributed by atoms with E-state index in [2.05, 4.69) is 16.5 Å². The summed E-state index contributed by atoms with van der Waals surface area (Å²) in [5, 5.41) is 0. The number of aromatic nitrogens is 2. The first-order chi connectivity index (χ1) is 6.63. The van der Waals surface area contributed by atoms with Crippen molar-refractivity contribution in [1.29, 1.82) is 0 Å². The van der Waals surface area contributed by atoms with E-state index in [1.807, 2.05) is 18.9 Å². The van der Waals surface area contributed by atoms with Crippen LogP contribution in [0.5, 0.6) is 0 Å². The van der Waals surface area contributed by atoms with Crippen LogP contribution in [0.1, 0.15) is 12.6 Å². The van der Waals surface area contributed by atoms with Gasteiger partial charge in [-0.2, -0.15) is 0 Å². The highest BCUT2D eigenvalue weighted by Crippen LogP contribution is 2.07. The van der Waals surface area contributed by atoms with E-state index in [-0.39, 0.29) is 0 Å².